The summed E-state index contributed by atoms with van der Waals surface area (Å²) in [6.07, 6.45) is 3.08. The molecule has 1 heterocycles. The molecular weight excluding hydrogens is 481 g/mol. The van der Waals surface area contributed by atoms with Gasteiger partial charge in [0, 0.05) is 12.1 Å². The van der Waals surface area contributed by atoms with Crippen molar-refractivity contribution in [3.8, 4) is 0 Å². The molecule has 8 nitrogen and oxygen atoms in total. The summed E-state index contributed by atoms with van der Waals surface area (Å²) >= 11 is 6.14. The summed E-state index contributed by atoms with van der Waals surface area (Å²) in [6, 6.07) is 16.3. The average Bonchev–Trinajstić information content (AvgIpc) is 3.32. The molecule has 3 aromatic carbocycles. The van der Waals surface area contributed by atoms with Crippen molar-refractivity contribution in [1.29, 1.82) is 0 Å². The molecule has 4 rings (SSSR count). The number of carbonyl (C=O) groups is 1. The Morgan fingerprint density at radius 3 is 2.53 bits per heavy atom. The Morgan fingerprint density at radius 2 is 1.79 bits per heavy atom. The van der Waals surface area contributed by atoms with Crippen molar-refractivity contribution in [1.82, 2.24) is 20.1 Å². The van der Waals surface area contributed by atoms with Crippen molar-refractivity contribution in [3.05, 3.63) is 107 Å². The monoisotopic (exact) mass is 499 g/mol. The van der Waals surface area contributed by atoms with Crippen LogP contribution in [0.15, 0.2) is 84.3 Å². The van der Waals surface area contributed by atoms with Crippen molar-refractivity contribution in [2.24, 2.45) is 0 Å². The van der Waals surface area contributed by atoms with Gasteiger partial charge >= 0.3 is 0 Å². The number of nitrogens with one attached hydrogen (secondary N) is 2. The van der Waals surface area contributed by atoms with Crippen LogP contribution in [0.1, 0.15) is 21.5 Å². The molecule has 2 N–H and O–H groups in total. The van der Waals surface area contributed by atoms with Crippen LogP contribution in [0.5, 0.6) is 0 Å². The lowest BCUT2D eigenvalue weighted by Crippen LogP contribution is -2.23. The molecule has 0 unspecified atom stereocenters. The fourth-order valence-corrected chi connectivity index (χ4v) is 4.48. The Balaban J connectivity index is 1.44. The standard InChI is InChI=1S/C23H19ClFN5O3S/c24-21-9-4-18(11-22(21)29-34(32,33)20-7-5-19(25)6-8-20)23(31)27-12-16-2-1-3-17(10-16)13-30-15-26-14-28-30/h1-11,14-15,29H,12-13H2,(H,27,31). The molecule has 0 radical (unpaired) electrons. The molecule has 1 aromatic heterocycles. The van der Waals surface area contributed by atoms with Gasteiger partial charge in [-0.05, 0) is 53.6 Å². The Morgan fingerprint density at radius 1 is 1.03 bits per heavy atom. The van der Waals surface area contributed by atoms with E-state index in [9.17, 15) is 17.6 Å². The van der Waals surface area contributed by atoms with Crippen molar-refractivity contribution in [3.63, 3.8) is 0 Å². The topological polar surface area (TPSA) is 106 Å². The molecule has 4 aromatic rings. The van der Waals surface area contributed by atoms with Gasteiger partial charge in [0.2, 0.25) is 0 Å². The van der Waals surface area contributed by atoms with Crippen LogP contribution in [-0.4, -0.2) is 29.1 Å². The Bertz CT molecular complexity index is 1410. The van der Waals surface area contributed by atoms with Gasteiger partial charge in [-0.3, -0.25) is 9.52 Å². The quantitative estimate of drug-likeness (QED) is 0.383. The van der Waals surface area contributed by atoms with E-state index in [4.69, 9.17) is 11.6 Å². The summed E-state index contributed by atoms with van der Waals surface area (Å²) < 4.78 is 42.4. The summed E-state index contributed by atoms with van der Waals surface area (Å²) in [5.74, 6) is -0.958. The number of sulfonamides is 1. The van der Waals surface area contributed by atoms with Gasteiger partial charge in [0.05, 0.1) is 22.2 Å². The van der Waals surface area contributed by atoms with Crippen molar-refractivity contribution in [2.45, 2.75) is 18.0 Å². The predicted molar refractivity (Wildman–Crippen MR) is 125 cm³/mol. The van der Waals surface area contributed by atoms with Crippen LogP contribution in [0, 0.1) is 5.82 Å². The highest BCUT2D eigenvalue weighted by molar-refractivity contribution is 7.92. The van der Waals surface area contributed by atoms with E-state index in [1.54, 1.807) is 11.0 Å². The average molecular weight is 500 g/mol. The summed E-state index contributed by atoms with van der Waals surface area (Å²) in [5, 5.41) is 7.01. The molecule has 0 saturated carbocycles. The Kier molecular flexibility index (Phi) is 6.90. The molecule has 0 aliphatic carbocycles. The second-order valence-electron chi connectivity index (χ2n) is 7.35. The third-order valence-corrected chi connectivity index (χ3v) is 6.56. The van der Waals surface area contributed by atoms with Crippen LogP contribution in [0.4, 0.5) is 10.1 Å². The van der Waals surface area contributed by atoms with Gasteiger partial charge in [0.25, 0.3) is 15.9 Å². The van der Waals surface area contributed by atoms with Crippen LogP contribution in [0.2, 0.25) is 5.02 Å². The summed E-state index contributed by atoms with van der Waals surface area (Å²) in [4.78, 5) is 16.5. The van der Waals surface area contributed by atoms with Gasteiger partial charge in [-0.15, -0.1) is 0 Å². The normalized spacial score (nSPS) is 11.2. The number of aromatic nitrogens is 3. The molecule has 1 amide bonds. The molecule has 0 bridgehead atoms. The number of amides is 1. The van der Waals surface area contributed by atoms with E-state index in [-0.39, 0.29) is 27.7 Å². The molecule has 174 valence electrons. The minimum atomic E-state index is -4.02. The summed E-state index contributed by atoms with van der Waals surface area (Å²) in [7, 11) is -4.02. The van der Waals surface area contributed by atoms with E-state index in [1.165, 1.54) is 24.5 Å². The zero-order chi connectivity index (χ0) is 24.1. The van der Waals surface area contributed by atoms with E-state index in [0.29, 0.717) is 6.54 Å². The van der Waals surface area contributed by atoms with Crippen LogP contribution >= 0.6 is 11.6 Å². The number of hydrogen-bond donors (Lipinski definition) is 2. The lowest BCUT2D eigenvalue weighted by molar-refractivity contribution is 0.0951. The number of carbonyl (C=O) groups excluding carboxylic acids is 1. The number of rotatable bonds is 8. The smallest absolute Gasteiger partial charge is 0.261 e. The number of nitrogens with zero attached hydrogens (tertiary/aromatic N) is 3. The Labute approximate surface area is 200 Å². The first kappa shape index (κ1) is 23.4. The van der Waals surface area contributed by atoms with E-state index >= 15 is 0 Å². The van der Waals surface area contributed by atoms with Crippen LogP contribution in [-0.2, 0) is 23.1 Å². The minimum Gasteiger partial charge on any atom is -0.348 e. The maximum Gasteiger partial charge on any atom is 0.261 e. The molecule has 0 saturated heterocycles. The maximum absolute atomic E-state index is 13.1. The van der Waals surface area contributed by atoms with E-state index in [0.717, 1.165) is 35.4 Å². The number of halogens is 2. The largest absolute Gasteiger partial charge is 0.348 e. The lowest BCUT2D eigenvalue weighted by atomic mass is 10.1. The SMILES string of the molecule is O=C(NCc1cccc(Cn2cncn2)c1)c1ccc(Cl)c(NS(=O)(=O)c2ccc(F)cc2)c1. The molecule has 0 atom stereocenters. The fraction of sp³-hybridized carbons (Fsp3) is 0.0870. The Hall–Kier alpha value is -3.76. The van der Waals surface area contributed by atoms with Gasteiger partial charge in [-0.25, -0.2) is 22.5 Å². The van der Waals surface area contributed by atoms with Crippen molar-refractivity contribution < 1.29 is 17.6 Å². The van der Waals surface area contributed by atoms with E-state index in [1.807, 2.05) is 24.3 Å². The fourth-order valence-electron chi connectivity index (χ4n) is 3.19. The van der Waals surface area contributed by atoms with Crippen molar-refractivity contribution in [2.75, 3.05) is 4.72 Å². The van der Waals surface area contributed by atoms with E-state index < -0.39 is 21.7 Å². The first-order valence-electron chi connectivity index (χ1n) is 10.1. The summed E-state index contributed by atoms with van der Waals surface area (Å²) in [5.41, 5.74) is 2.15. The maximum atomic E-state index is 13.1. The van der Waals surface area contributed by atoms with Gasteiger partial charge in [0.1, 0.15) is 18.5 Å². The molecule has 11 heteroatoms. The van der Waals surface area contributed by atoms with Crippen LogP contribution in [0.25, 0.3) is 0 Å². The molecule has 0 fully saturated rings. The van der Waals surface area contributed by atoms with Crippen LogP contribution in [0.3, 0.4) is 0 Å². The highest BCUT2D eigenvalue weighted by Crippen LogP contribution is 2.26. The molecule has 0 aliphatic heterocycles. The first-order chi connectivity index (χ1) is 16.3. The van der Waals surface area contributed by atoms with E-state index in [2.05, 4.69) is 20.1 Å². The number of hydrogen-bond acceptors (Lipinski definition) is 5. The minimum absolute atomic E-state index is 0.0356. The van der Waals surface area contributed by atoms with Crippen LogP contribution < -0.4 is 10.0 Å². The van der Waals surface area contributed by atoms with Gasteiger partial charge in [0.15, 0.2) is 0 Å². The highest BCUT2D eigenvalue weighted by atomic mass is 35.5. The second-order valence-corrected chi connectivity index (χ2v) is 9.44. The third-order valence-electron chi connectivity index (χ3n) is 4.85. The molecular formula is C23H19ClFN5O3S. The first-order valence-corrected chi connectivity index (χ1v) is 11.9. The predicted octanol–water partition coefficient (Wildman–Crippen LogP) is 3.85. The lowest BCUT2D eigenvalue weighted by Gasteiger charge is -2.12. The molecule has 34 heavy (non-hydrogen) atoms. The highest BCUT2D eigenvalue weighted by Gasteiger charge is 2.17. The molecule has 0 spiro atoms. The van der Waals surface area contributed by atoms with Gasteiger partial charge in [-0.1, -0.05) is 35.9 Å². The second kappa shape index (κ2) is 10.0. The zero-order valence-electron chi connectivity index (χ0n) is 17.7. The third kappa shape index (κ3) is 5.77. The van der Waals surface area contributed by atoms with Gasteiger partial charge in [-0.2, -0.15) is 5.10 Å². The zero-order valence-corrected chi connectivity index (χ0v) is 19.2. The molecule has 0 aliphatic rings. The number of benzene rings is 3. The summed E-state index contributed by atoms with van der Waals surface area (Å²) in [6.45, 7) is 0.819. The number of anilines is 1. The van der Waals surface area contributed by atoms with Crippen molar-refractivity contribution >= 4 is 33.2 Å². The van der Waals surface area contributed by atoms with Gasteiger partial charge < -0.3 is 5.32 Å².